The van der Waals surface area contributed by atoms with Crippen LogP contribution in [0.5, 0.6) is 0 Å². The third kappa shape index (κ3) is 2.15. The van der Waals surface area contributed by atoms with Crippen molar-refractivity contribution in [2.75, 3.05) is 6.61 Å². The fourth-order valence-corrected chi connectivity index (χ4v) is 2.21. The summed E-state index contributed by atoms with van der Waals surface area (Å²) in [6.45, 7) is 0.187. The molecule has 2 aromatic carbocycles. The van der Waals surface area contributed by atoms with Gasteiger partial charge in [0.1, 0.15) is 12.4 Å². The van der Waals surface area contributed by atoms with E-state index in [2.05, 4.69) is 0 Å². The Morgan fingerprint density at radius 3 is 2.42 bits per heavy atom. The summed E-state index contributed by atoms with van der Waals surface area (Å²) in [6, 6.07) is 15.5. The molecule has 1 aliphatic heterocycles. The van der Waals surface area contributed by atoms with Crippen LogP contribution in [0.1, 0.15) is 11.1 Å². The van der Waals surface area contributed by atoms with Gasteiger partial charge in [0, 0.05) is 5.57 Å². The Morgan fingerprint density at radius 2 is 1.68 bits per heavy atom. The van der Waals surface area contributed by atoms with Crippen molar-refractivity contribution in [3.63, 3.8) is 0 Å². The highest BCUT2D eigenvalue weighted by Gasteiger charge is 2.27. The number of hydrogen-bond donors (Lipinski definition) is 0. The van der Waals surface area contributed by atoms with Crippen molar-refractivity contribution in [3.8, 4) is 0 Å². The number of halogens is 1. The number of carbonyl (C=O) groups is 1. The van der Waals surface area contributed by atoms with Gasteiger partial charge in [-0.15, -0.1) is 0 Å². The SMILES string of the molecule is O=C1OCC(c2cccc(F)c2)=C1c1ccccc1. The second kappa shape index (κ2) is 4.69. The first kappa shape index (κ1) is 11.7. The summed E-state index contributed by atoms with van der Waals surface area (Å²) in [6.07, 6.45) is 0. The molecule has 0 unspecified atom stereocenters. The highest BCUT2D eigenvalue weighted by molar-refractivity contribution is 6.27. The number of benzene rings is 2. The summed E-state index contributed by atoms with van der Waals surface area (Å²) in [7, 11) is 0. The van der Waals surface area contributed by atoms with Gasteiger partial charge in [0.25, 0.3) is 0 Å². The molecule has 0 aliphatic carbocycles. The highest BCUT2D eigenvalue weighted by Crippen LogP contribution is 2.32. The van der Waals surface area contributed by atoms with Gasteiger partial charge in [-0.1, -0.05) is 42.5 Å². The van der Waals surface area contributed by atoms with E-state index >= 15 is 0 Å². The minimum atomic E-state index is -0.356. The van der Waals surface area contributed by atoms with Crippen molar-refractivity contribution >= 4 is 17.1 Å². The van der Waals surface area contributed by atoms with Crippen LogP contribution in [0.25, 0.3) is 11.1 Å². The van der Waals surface area contributed by atoms with Gasteiger partial charge in [-0.3, -0.25) is 0 Å². The van der Waals surface area contributed by atoms with Gasteiger partial charge >= 0.3 is 5.97 Å². The lowest BCUT2D eigenvalue weighted by Gasteiger charge is -2.04. The van der Waals surface area contributed by atoms with E-state index in [1.54, 1.807) is 12.1 Å². The van der Waals surface area contributed by atoms with E-state index in [0.29, 0.717) is 11.1 Å². The largest absolute Gasteiger partial charge is 0.457 e. The monoisotopic (exact) mass is 254 g/mol. The van der Waals surface area contributed by atoms with Gasteiger partial charge in [0.05, 0.1) is 5.57 Å². The molecule has 2 nitrogen and oxygen atoms in total. The number of hydrogen-bond acceptors (Lipinski definition) is 2. The fourth-order valence-electron chi connectivity index (χ4n) is 2.21. The van der Waals surface area contributed by atoms with E-state index < -0.39 is 0 Å². The summed E-state index contributed by atoms with van der Waals surface area (Å²) < 4.78 is 18.4. The van der Waals surface area contributed by atoms with Crippen LogP contribution in [0.3, 0.4) is 0 Å². The maximum atomic E-state index is 13.3. The van der Waals surface area contributed by atoms with E-state index in [1.165, 1.54) is 12.1 Å². The first-order valence-electron chi connectivity index (χ1n) is 5.97. The fraction of sp³-hybridized carbons (Fsp3) is 0.0625. The quantitative estimate of drug-likeness (QED) is 0.769. The molecule has 0 aromatic heterocycles. The summed E-state index contributed by atoms with van der Waals surface area (Å²) in [4.78, 5) is 11.9. The van der Waals surface area contributed by atoms with Crippen molar-refractivity contribution in [3.05, 3.63) is 71.5 Å². The molecule has 0 spiro atoms. The average Bonchev–Trinajstić information content (AvgIpc) is 2.82. The number of carbonyl (C=O) groups excluding carboxylic acids is 1. The van der Waals surface area contributed by atoms with Gasteiger partial charge in [-0.2, -0.15) is 0 Å². The van der Waals surface area contributed by atoms with E-state index in [4.69, 9.17) is 4.74 Å². The van der Waals surface area contributed by atoms with Crippen molar-refractivity contribution in [1.82, 2.24) is 0 Å². The first-order chi connectivity index (χ1) is 9.25. The van der Waals surface area contributed by atoms with Gasteiger partial charge in [-0.05, 0) is 23.3 Å². The maximum absolute atomic E-state index is 13.3. The zero-order valence-corrected chi connectivity index (χ0v) is 10.1. The zero-order valence-electron chi connectivity index (χ0n) is 10.1. The Bertz CT molecular complexity index is 659. The predicted molar refractivity (Wildman–Crippen MR) is 70.6 cm³/mol. The molecule has 0 N–H and O–H groups in total. The Morgan fingerprint density at radius 1 is 0.947 bits per heavy atom. The van der Waals surface area contributed by atoms with Crippen LogP contribution in [0.15, 0.2) is 54.6 Å². The lowest BCUT2D eigenvalue weighted by Crippen LogP contribution is -1.98. The summed E-state index contributed by atoms with van der Waals surface area (Å²) >= 11 is 0. The summed E-state index contributed by atoms with van der Waals surface area (Å²) in [5.74, 6) is -0.678. The molecule has 0 atom stereocenters. The Labute approximate surface area is 110 Å². The van der Waals surface area contributed by atoms with Crippen LogP contribution in [0.2, 0.25) is 0 Å². The third-order valence-electron chi connectivity index (χ3n) is 3.09. The van der Waals surface area contributed by atoms with E-state index in [0.717, 1.165) is 11.1 Å². The molecule has 0 saturated heterocycles. The second-order valence-electron chi connectivity index (χ2n) is 4.31. The first-order valence-corrected chi connectivity index (χ1v) is 5.97. The molecule has 3 rings (SSSR count). The van der Waals surface area contributed by atoms with E-state index in [1.807, 2.05) is 30.3 Å². The van der Waals surface area contributed by atoms with E-state index in [-0.39, 0.29) is 18.4 Å². The zero-order chi connectivity index (χ0) is 13.2. The lowest BCUT2D eigenvalue weighted by molar-refractivity contribution is -0.133. The van der Waals surface area contributed by atoms with Crippen molar-refractivity contribution in [2.24, 2.45) is 0 Å². The minimum absolute atomic E-state index is 0.187. The molecule has 94 valence electrons. The van der Waals surface area contributed by atoms with Crippen LogP contribution < -0.4 is 0 Å². The lowest BCUT2D eigenvalue weighted by atomic mass is 9.97. The molecule has 0 amide bonds. The van der Waals surface area contributed by atoms with Crippen molar-refractivity contribution in [1.29, 1.82) is 0 Å². The molecular formula is C16H11FO2. The molecule has 19 heavy (non-hydrogen) atoms. The Hall–Kier alpha value is -2.42. The minimum Gasteiger partial charge on any atom is -0.457 e. The molecule has 1 aliphatic rings. The summed E-state index contributed by atoms with van der Waals surface area (Å²) in [5, 5.41) is 0. The number of rotatable bonds is 2. The molecule has 1 heterocycles. The molecule has 2 aromatic rings. The van der Waals surface area contributed by atoms with Gasteiger partial charge in [0.2, 0.25) is 0 Å². The van der Waals surface area contributed by atoms with Crippen LogP contribution in [-0.4, -0.2) is 12.6 Å². The number of ether oxygens (including phenoxy) is 1. The topological polar surface area (TPSA) is 26.3 Å². The van der Waals surface area contributed by atoms with Crippen LogP contribution >= 0.6 is 0 Å². The van der Waals surface area contributed by atoms with Gasteiger partial charge in [0.15, 0.2) is 0 Å². The number of cyclic esters (lactones) is 1. The molecule has 0 bridgehead atoms. The molecular weight excluding hydrogens is 243 g/mol. The van der Waals surface area contributed by atoms with Crippen molar-refractivity contribution in [2.45, 2.75) is 0 Å². The molecule has 0 radical (unpaired) electrons. The molecule has 0 fully saturated rings. The Balaban J connectivity index is 2.16. The van der Waals surface area contributed by atoms with Crippen molar-refractivity contribution < 1.29 is 13.9 Å². The van der Waals surface area contributed by atoms with Gasteiger partial charge in [-0.25, -0.2) is 9.18 Å². The normalized spacial score (nSPS) is 14.7. The molecule has 0 saturated carbocycles. The summed E-state index contributed by atoms with van der Waals surface area (Å²) in [5.41, 5.74) is 2.73. The molecule has 3 heteroatoms. The standard InChI is InChI=1S/C16H11FO2/c17-13-8-4-7-12(9-13)14-10-19-16(18)15(14)11-5-2-1-3-6-11/h1-9H,10H2. The smallest absolute Gasteiger partial charge is 0.339 e. The van der Waals surface area contributed by atoms with Crippen LogP contribution in [-0.2, 0) is 9.53 Å². The average molecular weight is 254 g/mol. The second-order valence-corrected chi connectivity index (χ2v) is 4.31. The van der Waals surface area contributed by atoms with E-state index in [9.17, 15) is 9.18 Å². The third-order valence-corrected chi connectivity index (χ3v) is 3.09. The van der Waals surface area contributed by atoms with Crippen LogP contribution in [0, 0.1) is 5.82 Å². The maximum Gasteiger partial charge on any atom is 0.339 e. The number of esters is 1. The highest BCUT2D eigenvalue weighted by atomic mass is 19.1. The van der Waals surface area contributed by atoms with Gasteiger partial charge < -0.3 is 4.74 Å². The Kier molecular flexibility index (Phi) is 2.88. The predicted octanol–water partition coefficient (Wildman–Crippen LogP) is 3.29. The van der Waals surface area contributed by atoms with Crippen LogP contribution in [0.4, 0.5) is 4.39 Å².